The second-order valence-corrected chi connectivity index (χ2v) is 11.5. The number of aromatic nitrogens is 3. The van der Waals surface area contributed by atoms with E-state index in [0.717, 1.165) is 28.9 Å². The highest BCUT2D eigenvalue weighted by Gasteiger charge is 2.37. The van der Waals surface area contributed by atoms with Crippen molar-refractivity contribution in [3.8, 4) is 17.1 Å². The van der Waals surface area contributed by atoms with E-state index in [-0.39, 0.29) is 11.2 Å². The van der Waals surface area contributed by atoms with Gasteiger partial charge in [0.2, 0.25) is 21.8 Å². The molecule has 1 aliphatic heterocycles. The maximum Gasteiger partial charge on any atom is 0.237 e. The van der Waals surface area contributed by atoms with Crippen molar-refractivity contribution in [3.63, 3.8) is 0 Å². The van der Waals surface area contributed by atoms with Crippen molar-refractivity contribution in [1.29, 1.82) is 0 Å². The molecule has 35 heavy (non-hydrogen) atoms. The summed E-state index contributed by atoms with van der Waals surface area (Å²) in [6, 6.07) is 5.95. The third-order valence-corrected chi connectivity index (χ3v) is 8.95. The van der Waals surface area contributed by atoms with Crippen molar-refractivity contribution in [2.75, 3.05) is 22.8 Å². The molecule has 5 rings (SSSR count). The fourth-order valence-corrected chi connectivity index (χ4v) is 6.63. The van der Waals surface area contributed by atoms with Gasteiger partial charge in [0, 0.05) is 23.2 Å². The molecular weight excluding hydrogens is 486 g/mol. The number of amides is 1. The van der Waals surface area contributed by atoms with Gasteiger partial charge in [-0.05, 0) is 50.3 Å². The lowest BCUT2D eigenvalue weighted by molar-refractivity contribution is -0.120. The molecular formula is C24H27N5O4S2. The zero-order chi connectivity index (χ0) is 24.6. The molecule has 1 atom stereocenters. The highest BCUT2D eigenvalue weighted by Crippen LogP contribution is 2.36. The van der Waals surface area contributed by atoms with Gasteiger partial charge >= 0.3 is 0 Å². The van der Waals surface area contributed by atoms with E-state index >= 15 is 0 Å². The molecule has 9 nitrogen and oxygen atoms in total. The van der Waals surface area contributed by atoms with Crippen LogP contribution in [0.4, 0.5) is 10.8 Å². The summed E-state index contributed by atoms with van der Waals surface area (Å²) in [4.78, 5) is 28.5. The molecule has 0 saturated heterocycles. The van der Waals surface area contributed by atoms with E-state index in [9.17, 15) is 13.2 Å². The summed E-state index contributed by atoms with van der Waals surface area (Å²) < 4.78 is 32.5. The van der Waals surface area contributed by atoms with Crippen LogP contribution in [0.3, 0.4) is 0 Å². The number of carbonyl (C=O) groups excluding carboxylic acids is 1. The summed E-state index contributed by atoms with van der Waals surface area (Å²) in [7, 11) is -3.38. The highest BCUT2D eigenvalue weighted by atomic mass is 32.2. The molecule has 1 aromatic carbocycles. The zero-order valence-electron chi connectivity index (χ0n) is 19.6. The lowest BCUT2D eigenvalue weighted by Gasteiger charge is -2.22. The fraction of sp³-hybridized carbons (Fsp3) is 0.417. The van der Waals surface area contributed by atoms with E-state index in [4.69, 9.17) is 4.74 Å². The molecule has 1 N–H and O–H groups in total. The van der Waals surface area contributed by atoms with Gasteiger partial charge in [-0.1, -0.05) is 13.0 Å². The normalized spacial score (nSPS) is 16.1. The molecule has 0 radical (unpaired) electrons. The van der Waals surface area contributed by atoms with Gasteiger partial charge in [-0.2, -0.15) is 0 Å². The second-order valence-electron chi connectivity index (χ2n) is 8.64. The topological polar surface area (TPSA) is 114 Å². The van der Waals surface area contributed by atoms with Crippen LogP contribution in [0.2, 0.25) is 0 Å². The lowest BCUT2D eigenvalue weighted by Crippen LogP contribution is -2.33. The molecule has 1 saturated carbocycles. The number of hydrogen-bond acceptors (Lipinski definition) is 8. The van der Waals surface area contributed by atoms with Gasteiger partial charge < -0.3 is 9.64 Å². The first kappa shape index (κ1) is 23.7. The van der Waals surface area contributed by atoms with E-state index in [1.165, 1.54) is 11.3 Å². The number of ether oxygens (including phenoxy) is 1. The Morgan fingerprint density at radius 2 is 2.09 bits per heavy atom. The average molecular weight is 514 g/mol. The Balaban J connectivity index is 1.34. The highest BCUT2D eigenvalue weighted by molar-refractivity contribution is 7.93. The Hall–Kier alpha value is -3.05. The number of benzene rings is 1. The van der Waals surface area contributed by atoms with Crippen LogP contribution in [-0.2, 0) is 21.2 Å². The predicted octanol–water partition coefficient (Wildman–Crippen LogP) is 3.99. The van der Waals surface area contributed by atoms with E-state index in [1.807, 2.05) is 30.9 Å². The van der Waals surface area contributed by atoms with Gasteiger partial charge in [-0.25, -0.2) is 18.4 Å². The number of anilines is 2. The molecule has 2 aliphatic rings. The first-order valence-electron chi connectivity index (χ1n) is 11.8. The molecule has 0 spiro atoms. The van der Waals surface area contributed by atoms with Gasteiger partial charge in [-0.15, -0.1) is 11.3 Å². The number of rotatable bonds is 9. The number of nitrogens with zero attached hydrogens (tertiary/aromatic N) is 4. The smallest absolute Gasteiger partial charge is 0.237 e. The molecule has 3 aromatic rings. The third-order valence-electron chi connectivity index (χ3n) is 6.22. The van der Waals surface area contributed by atoms with E-state index < -0.39 is 15.9 Å². The van der Waals surface area contributed by atoms with Gasteiger partial charge in [0.05, 0.1) is 41.6 Å². The Bertz CT molecular complexity index is 1350. The summed E-state index contributed by atoms with van der Waals surface area (Å²) in [5.74, 6) is 0.0129. The van der Waals surface area contributed by atoms with Crippen molar-refractivity contribution in [2.45, 2.75) is 50.7 Å². The van der Waals surface area contributed by atoms with Gasteiger partial charge in [-0.3, -0.25) is 14.5 Å². The second kappa shape index (κ2) is 9.54. The molecule has 11 heteroatoms. The third kappa shape index (κ3) is 4.87. The van der Waals surface area contributed by atoms with Gasteiger partial charge in [0.15, 0.2) is 5.13 Å². The van der Waals surface area contributed by atoms with E-state index in [0.29, 0.717) is 49.1 Å². The monoisotopic (exact) mass is 513 g/mol. The number of sulfonamides is 1. The van der Waals surface area contributed by atoms with Crippen LogP contribution in [0.15, 0.2) is 36.0 Å². The first-order valence-corrected chi connectivity index (χ1v) is 14.2. The number of thiazole rings is 1. The summed E-state index contributed by atoms with van der Waals surface area (Å²) in [5, 5.41) is 1.78. The summed E-state index contributed by atoms with van der Waals surface area (Å²) in [6.45, 7) is 4.95. The van der Waals surface area contributed by atoms with Crippen molar-refractivity contribution >= 4 is 38.1 Å². The fourth-order valence-electron chi connectivity index (χ4n) is 4.27. The minimum absolute atomic E-state index is 0.0287. The molecule has 1 amide bonds. The van der Waals surface area contributed by atoms with Crippen LogP contribution >= 0.6 is 11.3 Å². The predicted molar refractivity (Wildman–Crippen MR) is 135 cm³/mol. The lowest BCUT2D eigenvalue weighted by atomic mass is 10.0. The van der Waals surface area contributed by atoms with Crippen molar-refractivity contribution < 1.29 is 17.9 Å². The van der Waals surface area contributed by atoms with Crippen LogP contribution in [0, 0.1) is 0 Å². The summed E-state index contributed by atoms with van der Waals surface area (Å²) >= 11 is 1.22. The Labute approximate surface area is 208 Å². The van der Waals surface area contributed by atoms with Crippen LogP contribution in [0.25, 0.3) is 11.3 Å². The molecule has 2 aromatic heterocycles. The molecule has 3 heterocycles. The van der Waals surface area contributed by atoms with Crippen LogP contribution in [-0.4, -0.2) is 47.7 Å². The first-order chi connectivity index (χ1) is 16.9. The van der Waals surface area contributed by atoms with Crippen LogP contribution < -0.4 is 14.4 Å². The largest absolute Gasteiger partial charge is 0.477 e. The number of carbonyl (C=O) groups is 1. The number of nitrogens with one attached hydrogen (secondary N) is 1. The molecule has 0 bridgehead atoms. The maximum absolute atomic E-state index is 13.5. The van der Waals surface area contributed by atoms with Gasteiger partial charge in [0.1, 0.15) is 0 Å². The maximum atomic E-state index is 13.5. The van der Waals surface area contributed by atoms with Gasteiger partial charge in [0.25, 0.3) is 0 Å². The average Bonchev–Trinajstić information content (AvgIpc) is 3.50. The molecule has 1 aliphatic carbocycles. The van der Waals surface area contributed by atoms with Crippen molar-refractivity contribution in [3.05, 3.63) is 47.2 Å². The zero-order valence-corrected chi connectivity index (χ0v) is 21.2. The number of fused-ring (bicyclic) bond motifs is 1. The van der Waals surface area contributed by atoms with Crippen LogP contribution in [0.5, 0.6) is 5.88 Å². The van der Waals surface area contributed by atoms with Crippen molar-refractivity contribution in [2.24, 2.45) is 0 Å². The molecule has 184 valence electrons. The minimum atomic E-state index is -3.38. The van der Waals surface area contributed by atoms with E-state index in [2.05, 4.69) is 25.7 Å². The number of hydrogen-bond donors (Lipinski definition) is 1. The Morgan fingerprint density at radius 1 is 1.26 bits per heavy atom. The molecule has 1 fully saturated rings. The summed E-state index contributed by atoms with van der Waals surface area (Å²) in [6.07, 6.45) is 5.97. The molecule has 1 unspecified atom stereocenters. The minimum Gasteiger partial charge on any atom is -0.477 e. The SMILES string of the molecule is CCOc1cncc(-c2ccc3c(c2)CCN3C(=O)C(CC)c2csc(NS(=O)(=O)C3CC3)n2)n1. The Morgan fingerprint density at radius 3 is 2.83 bits per heavy atom. The van der Waals surface area contributed by atoms with Crippen molar-refractivity contribution in [1.82, 2.24) is 15.0 Å². The summed E-state index contributed by atoms with van der Waals surface area (Å²) in [5.41, 5.74) is 4.20. The van der Waals surface area contributed by atoms with Crippen LogP contribution in [0.1, 0.15) is 50.3 Å². The van der Waals surface area contributed by atoms with E-state index in [1.54, 1.807) is 17.8 Å². The standard InChI is InChI=1S/C24H27N5O4S2/c1-3-18(20-14-34-24(27-20)28-35(31,32)17-6-7-17)23(30)29-10-9-16-11-15(5-8-21(16)29)19-12-25-13-22(26-19)33-4-2/h5,8,11-14,17-18H,3-4,6-7,9-10H2,1-2H3,(H,27,28). The Kier molecular flexibility index (Phi) is 6.45. The quantitative estimate of drug-likeness (QED) is 0.460.